The summed E-state index contributed by atoms with van der Waals surface area (Å²) in [4.78, 5) is 17.0. The second-order valence-electron chi connectivity index (χ2n) is 7.43. The first-order chi connectivity index (χ1) is 11.2. The Morgan fingerprint density at radius 3 is 2.65 bits per heavy atom. The number of likely N-dealkylation sites (N-methyl/N-ethyl adjacent to an activating group) is 1. The summed E-state index contributed by atoms with van der Waals surface area (Å²) in [6, 6.07) is 0. The molecule has 0 spiro atoms. The third kappa shape index (κ3) is 2.89. The molecule has 0 N–H and O–H groups in total. The fourth-order valence-electron chi connectivity index (χ4n) is 4.16. The van der Waals surface area contributed by atoms with Crippen LogP contribution in [-0.2, 0) is 17.8 Å². The fourth-order valence-corrected chi connectivity index (χ4v) is 4.16. The molecule has 1 aliphatic carbocycles. The van der Waals surface area contributed by atoms with E-state index < -0.39 is 0 Å². The summed E-state index contributed by atoms with van der Waals surface area (Å²) in [5.41, 5.74) is 0. The van der Waals surface area contributed by atoms with Crippen molar-refractivity contribution >= 4 is 5.91 Å². The zero-order valence-corrected chi connectivity index (χ0v) is 14.1. The molecule has 1 aromatic heterocycles. The number of carbonyl (C=O) groups is 1. The number of nitrogens with zero attached hydrogens (tertiary/aromatic N) is 5. The third-order valence-electron chi connectivity index (χ3n) is 5.81. The van der Waals surface area contributed by atoms with Gasteiger partial charge in [0.1, 0.15) is 11.6 Å². The minimum Gasteiger partial charge on any atom is -0.340 e. The number of rotatable bonds is 2. The molecule has 0 aromatic carbocycles. The molecule has 1 atom stereocenters. The van der Waals surface area contributed by atoms with Crippen LogP contribution in [0.4, 0.5) is 0 Å². The van der Waals surface area contributed by atoms with Crippen molar-refractivity contribution in [1.29, 1.82) is 0 Å². The van der Waals surface area contributed by atoms with Crippen molar-refractivity contribution in [2.24, 2.45) is 5.92 Å². The Balaban J connectivity index is 1.47. The molecule has 3 heterocycles. The molecule has 0 radical (unpaired) electrons. The van der Waals surface area contributed by atoms with E-state index in [4.69, 9.17) is 0 Å². The highest BCUT2D eigenvalue weighted by Crippen LogP contribution is 2.29. The van der Waals surface area contributed by atoms with Gasteiger partial charge in [0.25, 0.3) is 0 Å². The molecule has 23 heavy (non-hydrogen) atoms. The normalized spacial score (nSPS) is 26.5. The van der Waals surface area contributed by atoms with Gasteiger partial charge in [0.15, 0.2) is 0 Å². The number of aromatic nitrogens is 3. The van der Waals surface area contributed by atoms with Crippen LogP contribution in [-0.4, -0.2) is 63.7 Å². The quantitative estimate of drug-likeness (QED) is 0.824. The molecule has 1 unspecified atom stereocenters. The van der Waals surface area contributed by atoms with Crippen molar-refractivity contribution in [1.82, 2.24) is 24.6 Å². The fraction of sp³-hybridized carbons (Fsp3) is 0.824. The van der Waals surface area contributed by atoms with Crippen LogP contribution in [0, 0.1) is 5.92 Å². The molecular formula is C17H27N5O. The first-order valence-electron chi connectivity index (χ1n) is 9.11. The highest BCUT2D eigenvalue weighted by atomic mass is 16.2. The van der Waals surface area contributed by atoms with Crippen molar-refractivity contribution in [2.45, 2.75) is 51.0 Å². The molecule has 2 aliphatic heterocycles. The number of piperidine rings is 1. The highest BCUT2D eigenvalue weighted by Gasteiger charge is 2.32. The standard InChI is InChI=1S/C17H27N5O/c1-20-8-3-6-14(12-20)16-19-18-15-7-9-21(10-11-22(15)16)17(23)13-4-2-5-13/h13-14H,2-12H2,1H3. The summed E-state index contributed by atoms with van der Waals surface area (Å²) in [5.74, 6) is 3.37. The largest absolute Gasteiger partial charge is 0.340 e. The summed E-state index contributed by atoms with van der Waals surface area (Å²) in [7, 11) is 2.19. The summed E-state index contributed by atoms with van der Waals surface area (Å²) in [6.07, 6.45) is 6.66. The van der Waals surface area contributed by atoms with Crippen molar-refractivity contribution in [3.63, 3.8) is 0 Å². The highest BCUT2D eigenvalue weighted by molar-refractivity contribution is 5.79. The number of carbonyl (C=O) groups excluding carboxylic acids is 1. The smallest absolute Gasteiger partial charge is 0.225 e. The number of hydrogen-bond acceptors (Lipinski definition) is 4. The van der Waals surface area contributed by atoms with E-state index in [1.807, 2.05) is 0 Å². The van der Waals surface area contributed by atoms with E-state index in [-0.39, 0.29) is 0 Å². The maximum Gasteiger partial charge on any atom is 0.225 e. The monoisotopic (exact) mass is 317 g/mol. The predicted molar refractivity (Wildman–Crippen MR) is 87.1 cm³/mol. The van der Waals surface area contributed by atoms with Crippen LogP contribution < -0.4 is 0 Å². The minimum absolute atomic E-state index is 0.296. The first-order valence-corrected chi connectivity index (χ1v) is 9.11. The minimum atomic E-state index is 0.296. The van der Waals surface area contributed by atoms with E-state index in [2.05, 4.69) is 31.6 Å². The van der Waals surface area contributed by atoms with Gasteiger partial charge in [-0.3, -0.25) is 4.79 Å². The van der Waals surface area contributed by atoms with Gasteiger partial charge in [-0.1, -0.05) is 6.42 Å². The number of hydrogen-bond donors (Lipinski definition) is 0. The van der Waals surface area contributed by atoms with Crippen LogP contribution in [0.1, 0.15) is 49.7 Å². The first kappa shape index (κ1) is 15.1. The van der Waals surface area contributed by atoms with Gasteiger partial charge in [-0.2, -0.15) is 0 Å². The number of fused-ring (bicyclic) bond motifs is 1. The van der Waals surface area contributed by atoms with Gasteiger partial charge in [0.2, 0.25) is 5.91 Å². The Bertz CT molecular complexity index is 580. The second-order valence-corrected chi connectivity index (χ2v) is 7.43. The Labute approximate surface area is 137 Å². The Hall–Kier alpha value is -1.43. The van der Waals surface area contributed by atoms with Crippen LogP contribution in [0.5, 0.6) is 0 Å². The summed E-state index contributed by atoms with van der Waals surface area (Å²) < 4.78 is 2.30. The van der Waals surface area contributed by atoms with Crippen LogP contribution in [0.15, 0.2) is 0 Å². The van der Waals surface area contributed by atoms with Gasteiger partial charge in [-0.25, -0.2) is 0 Å². The molecule has 4 rings (SSSR count). The Morgan fingerprint density at radius 1 is 1.04 bits per heavy atom. The van der Waals surface area contributed by atoms with Crippen molar-refractivity contribution < 1.29 is 4.79 Å². The Kier molecular flexibility index (Phi) is 4.09. The lowest BCUT2D eigenvalue weighted by atomic mass is 9.84. The second kappa shape index (κ2) is 6.23. The topological polar surface area (TPSA) is 54.3 Å². The molecule has 6 heteroatoms. The summed E-state index contributed by atoms with van der Waals surface area (Å²) in [6.45, 7) is 4.73. The van der Waals surface area contributed by atoms with Gasteiger partial charge in [-0.05, 0) is 39.3 Å². The molecule has 1 saturated heterocycles. The summed E-state index contributed by atoms with van der Waals surface area (Å²) in [5, 5.41) is 8.96. The molecular weight excluding hydrogens is 290 g/mol. The predicted octanol–water partition coefficient (Wildman–Crippen LogP) is 1.27. The average Bonchev–Trinajstić information content (AvgIpc) is 2.77. The molecule has 1 amide bonds. The molecule has 0 bridgehead atoms. The average molecular weight is 317 g/mol. The van der Waals surface area contributed by atoms with Crippen molar-refractivity contribution in [3.8, 4) is 0 Å². The van der Waals surface area contributed by atoms with E-state index >= 15 is 0 Å². The van der Waals surface area contributed by atoms with E-state index in [0.717, 1.165) is 57.1 Å². The number of likely N-dealkylation sites (tertiary alicyclic amines) is 1. The van der Waals surface area contributed by atoms with Crippen LogP contribution in [0.3, 0.4) is 0 Å². The number of amides is 1. The lowest BCUT2D eigenvalue weighted by molar-refractivity contribution is -0.138. The maximum absolute atomic E-state index is 12.5. The van der Waals surface area contributed by atoms with Crippen molar-refractivity contribution in [2.75, 3.05) is 33.2 Å². The maximum atomic E-state index is 12.5. The molecule has 126 valence electrons. The van der Waals surface area contributed by atoms with Crippen molar-refractivity contribution in [3.05, 3.63) is 11.6 Å². The molecule has 1 saturated carbocycles. The lowest BCUT2D eigenvalue weighted by Gasteiger charge is -2.31. The van der Waals surface area contributed by atoms with Crippen LogP contribution >= 0.6 is 0 Å². The molecule has 2 fully saturated rings. The lowest BCUT2D eigenvalue weighted by Crippen LogP contribution is -2.40. The summed E-state index contributed by atoms with van der Waals surface area (Å²) >= 11 is 0. The van der Waals surface area contributed by atoms with E-state index in [0.29, 0.717) is 17.7 Å². The van der Waals surface area contributed by atoms with Gasteiger partial charge in [-0.15, -0.1) is 10.2 Å². The van der Waals surface area contributed by atoms with Crippen LogP contribution in [0.25, 0.3) is 0 Å². The molecule has 1 aromatic rings. The zero-order valence-electron chi connectivity index (χ0n) is 14.1. The van der Waals surface area contributed by atoms with Crippen LogP contribution in [0.2, 0.25) is 0 Å². The Morgan fingerprint density at radius 2 is 1.91 bits per heavy atom. The molecule has 6 nitrogen and oxygen atoms in total. The van der Waals surface area contributed by atoms with E-state index in [1.54, 1.807) is 0 Å². The van der Waals surface area contributed by atoms with E-state index in [1.165, 1.54) is 25.8 Å². The third-order valence-corrected chi connectivity index (χ3v) is 5.81. The van der Waals surface area contributed by atoms with Gasteiger partial charge in [0, 0.05) is 44.4 Å². The van der Waals surface area contributed by atoms with Gasteiger partial charge >= 0.3 is 0 Å². The van der Waals surface area contributed by atoms with Gasteiger partial charge in [0.05, 0.1) is 0 Å². The zero-order chi connectivity index (χ0) is 15.8. The SMILES string of the molecule is CN1CCCC(c2nnc3n2CCN(C(=O)C2CCC2)CC3)C1. The molecule has 3 aliphatic rings. The van der Waals surface area contributed by atoms with E-state index in [9.17, 15) is 4.79 Å². The van der Waals surface area contributed by atoms with Gasteiger partial charge < -0.3 is 14.4 Å².